The number of pyridine rings is 1. The van der Waals surface area contributed by atoms with Crippen LogP contribution in [-0.2, 0) is 0 Å². The lowest BCUT2D eigenvalue weighted by molar-refractivity contribution is 0.151. The SMILES string of the molecule is Nc1c(F)ccc(-c2cncc(C(F)F)c2)c1F. The Morgan fingerprint density at radius 1 is 1.11 bits per heavy atom. The van der Waals surface area contributed by atoms with Gasteiger partial charge in [-0.1, -0.05) is 0 Å². The van der Waals surface area contributed by atoms with E-state index in [1.165, 1.54) is 6.20 Å². The van der Waals surface area contributed by atoms with Crippen molar-refractivity contribution in [3.63, 3.8) is 0 Å². The maximum absolute atomic E-state index is 13.7. The number of aromatic nitrogens is 1. The van der Waals surface area contributed by atoms with Gasteiger partial charge < -0.3 is 5.73 Å². The van der Waals surface area contributed by atoms with Crippen molar-refractivity contribution in [3.05, 3.63) is 47.8 Å². The van der Waals surface area contributed by atoms with Gasteiger partial charge in [-0.25, -0.2) is 17.6 Å². The van der Waals surface area contributed by atoms with E-state index in [0.29, 0.717) is 0 Å². The highest BCUT2D eigenvalue weighted by Crippen LogP contribution is 2.29. The molecule has 6 heteroatoms. The second-order valence-corrected chi connectivity index (χ2v) is 3.63. The van der Waals surface area contributed by atoms with E-state index in [1.54, 1.807) is 0 Å². The zero-order valence-corrected chi connectivity index (χ0v) is 9.00. The van der Waals surface area contributed by atoms with E-state index in [-0.39, 0.29) is 16.7 Å². The Morgan fingerprint density at radius 3 is 2.50 bits per heavy atom. The quantitative estimate of drug-likeness (QED) is 0.659. The Balaban J connectivity index is 2.55. The number of alkyl halides is 2. The number of rotatable bonds is 2. The number of nitrogens with zero attached hydrogens (tertiary/aromatic N) is 1. The highest BCUT2D eigenvalue weighted by Gasteiger charge is 2.14. The molecule has 0 aliphatic carbocycles. The second kappa shape index (κ2) is 4.64. The van der Waals surface area contributed by atoms with Gasteiger partial charge in [-0.15, -0.1) is 0 Å². The van der Waals surface area contributed by atoms with Crippen LogP contribution in [0.25, 0.3) is 11.1 Å². The highest BCUT2D eigenvalue weighted by atomic mass is 19.3. The molecule has 2 aromatic rings. The van der Waals surface area contributed by atoms with Gasteiger partial charge in [0.05, 0.1) is 0 Å². The normalized spacial score (nSPS) is 10.9. The lowest BCUT2D eigenvalue weighted by atomic mass is 10.0. The van der Waals surface area contributed by atoms with E-state index >= 15 is 0 Å². The van der Waals surface area contributed by atoms with Crippen molar-refractivity contribution in [2.24, 2.45) is 0 Å². The first-order valence-electron chi connectivity index (χ1n) is 4.97. The minimum atomic E-state index is -2.71. The van der Waals surface area contributed by atoms with Gasteiger partial charge in [0.1, 0.15) is 11.5 Å². The number of halogens is 4. The maximum atomic E-state index is 13.7. The summed E-state index contributed by atoms with van der Waals surface area (Å²) in [5, 5.41) is 0. The van der Waals surface area contributed by atoms with Crippen molar-refractivity contribution < 1.29 is 17.6 Å². The van der Waals surface area contributed by atoms with Gasteiger partial charge in [0.2, 0.25) is 0 Å². The Hall–Kier alpha value is -2.11. The van der Waals surface area contributed by atoms with Crippen LogP contribution in [0, 0.1) is 11.6 Å². The van der Waals surface area contributed by atoms with Crippen LogP contribution in [0.2, 0.25) is 0 Å². The minimum Gasteiger partial charge on any atom is -0.394 e. The largest absolute Gasteiger partial charge is 0.394 e. The molecule has 0 aliphatic rings. The molecule has 0 spiro atoms. The number of hydrogen-bond acceptors (Lipinski definition) is 2. The fraction of sp³-hybridized carbons (Fsp3) is 0.0833. The summed E-state index contributed by atoms with van der Waals surface area (Å²) >= 11 is 0. The van der Waals surface area contributed by atoms with Crippen molar-refractivity contribution in [3.8, 4) is 11.1 Å². The average Bonchev–Trinajstić information content (AvgIpc) is 2.36. The van der Waals surface area contributed by atoms with Crippen molar-refractivity contribution in [2.45, 2.75) is 6.43 Å². The molecule has 2 N–H and O–H groups in total. The molecule has 0 amide bonds. The van der Waals surface area contributed by atoms with Crippen molar-refractivity contribution in [1.29, 1.82) is 0 Å². The Bertz CT molecular complexity index is 584. The second-order valence-electron chi connectivity index (χ2n) is 3.63. The molecule has 0 fully saturated rings. The molecule has 0 unspecified atom stereocenters. The van der Waals surface area contributed by atoms with Crippen molar-refractivity contribution in [1.82, 2.24) is 4.98 Å². The predicted molar refractivity (Wildman–Crippen MR) is 59.0 cm³/mol. The molecule has 0 atom stereocenters. The molecule has 0 saturated heterocycles. The molecule has 1 heterocycles. The van der Waals surface area contributed by atoms with E-state index < -0.39 is 23.7 Å². The van der Waals surface area contributed by atoms with Gasteiger partial charge in [-0.3, -0.25) is 4.98 Å². The fourth-order valence-electron chi connectivity index (χ4n) is 1.52. The third-order valence-electron chi connectivity index (χ3n) is 2.45. The van der Waals surface area contributed by atoms with Crippen LogP contribution in [0.4, 0.5) is 23.2 Å². The zero-order valence-electron chi connectivity index (χ0n) is 9.00. The van der Waals surface area contributed by atoms with Gasteiger partial charge in [0.15, 0.2) is 5.82 Å². The van der Waals surface area contributed by atoms with E-state index in [4.69, 9.17) is 5.73 Å². The maximum Gasteiger partial charge on any atom is 0.265 e. The van der Waals surface area contributed by atoms with E-state index in [9.17, 15) is 17.6 Å². The third-order valence-corrected chi connectivity index (χ3v) is 2.45. The number of hydrogen-bond donors (Lipinski definition) is 1. The van der Waals surface area contributed by atoms with Crippen LogP contribution < -0.4 is 5.73 Å². The molecule has 0 radical (unpaired) electrons. The van der Waals surface area contributed by atoms with Crippen LogP contribution in [0.5, 0.6) is 0 Å². The number of nitrogen functional groups attached to an aromatic ring is 1. The minimum absolute atomic E-state index is 0.0658. The molecule has 2 rings (SSSR count). The summed E-state index contributed by atoms with van der Waals surface area (Å²) in [6.07, 6.45) is -0.515. The van der Waals surface area contributed by atoms with E-state index in [0.717, 1.165) is 24.4 Å². The Labute approximate surface area is 100 Å². The summed E-state index contributed by atoms with van der Waals surface area (Å²) < 4.78 is 51.7. The smallest absolute Gasteiger partial charge is 0.265 e. The molecule has 2 nitrogen and oxygen atoms in total. The molecule has 1 aromatic heterocycles. The van der Waals surface area contributed by atoms with E-state index in [1.807, 2.05) is 0 Å². The van der Waals surface area contributed by atoms with Gasteiger partial charge in [0.25, 0.3) is 6.43 Å². The first-order chi connectivity index (χ1) is 8.50. The molecule has 18 heavy (non-hydrogen) atoms. The lowest BCUT2D eigenvalue weighted by Crippen LogP contribution is -1.98. The lowest BCUT2D eigenvalue weighted by Gasteiger charge is -2.07. The average molecular weight is 256 g/mol. The standard InChI is InChI=1S/C12H8F4N2/c13-9-2-1-8(10(14)11(9)17)6-3-7(12(15)16)5-18-4-6/h1-5,12H,17H2. The van der Waals surface area contributed by atoms with Crippen LogP contribution in [0.15, 0.2) is 30.6 Å². The van der Waals surface area contributed by atoms with Crippen LogP contribution >= 0.6 is 0 Å². The zero-order chi connectivity index (χ0) is 13.3. The van der Waals surface area contributed by atoms with Gasteiger partial charge in [-0.2, -0.15) is 0 Å². The van der Waals surface area contributed by atoms with Crippen LogP contribution in [0.1, 0.15) is 12.0 Å². The van der Waals surface area contributed by atoms with Crippen LogP contribution in [0.3, 0.4) is 0 Å². The molecule has 0 saturated carbocycles. The third kappa shape index (κ3) is 2.13. The van der Waals surface area contributed by atoms with Gasteiger partial charge in [0, 0.05) is 29.1 Å². The molecular weight excluding hydrogens is 248 g/mol. The summed E-state index contributed by atoms with van der Waals surface area (Å²) in [6, 6.07) is 3.20. The van der Waals surface area contributed by atoms with Crippen LogP contribution in [-0.4, -0.2) is 4.98 Å². The van der Waals surface area contributed by atoms with Gasteiger partial charge in [-0.05, 0) is 18.2 Å². The first kappa shape index (κ1) is 12.3. The summed E-state index contributed by atoms with van der Waals surface area (Å²) in [5.74, 6) is -1.88. The number of nitrogens with two attached hydrogens (primary N) is 1. The Kier molecular flexibility index (Phi) is 3.18. The number of anilines is 1. The molecular formula is C12H8F4N2. The topological polar surface area (TPSA) is 38.9 Å². The monoisotopic (exact) mass is 256 g/mol. The summed E-state index contributed by atoms with van der Waals surface area (Å²) in [5.41, 5.74) is 4.27. The fourth-order valence-corrected chi connectivity index (χ4v) is 1.52. The summed E-state index contributed by atoms with van der Waals surface area (Å²) in [7, 11) is 0. The molecule has 1 aromatic carbocycles. The van der Waals surface area contributed by atoms with E-state index in [2.05, 4.69) is 4.98 Å². The van der Waals surface area contributed by atoms with Crippen molar-refractivity contribution in [2.75, 3.05) is 5.73 Å². The molecule has 94 valence electrons. The Morgan fingerprint density at radius 2 is 1.83 bits per heavy atom. The summed E-state index contributed by atoms with van der Waals surface area (Å²) in [6.45, 7) is 0. The summed E-state index contributed by atoms with van der Waals surface area (Å²) in [4.78, 5) is 3.59. The molecule has 0 bridgehead atoms. The van der Waals surface area contributed by atoms with Crippen molar-refractivity contribution >= 4 is 5.69 Å². The molecule has 0 aliphatic heterocycles. The first-order valence-corrected chi connectivity index (χ1v) is 4.97. The highest BCUT2D eigenvalue weighted by molar-refractivity contribution is 5.68. The number of benzene rings is 1. The van der Waals surface area contributed by atoms with Gasteiger partial charge >= 0.3 is 0 Å². The predicted octanol–water partition coefficient (Wildman–Crippen LogP) is 3.55.